The Morgan fingerprint density at radius 3 is 1.25 bits per heavy atom. The maximum Gasteiger partial charge on any atom is 0.243 e. The highest BCUT2D eigenvalue weighted by molar-refractivity contribution is 5.97. The number of amides is 5. The van der Waals surface area contributed by atoms with Gasteiger partial charge >= 0.3 is 0 Å². The van der Waals surface area contributed by atoms with E-state index in [0.717, 1.165) is 66.5 Å². The highest BCUT2D eigenvalue weighted by Crippen LogP contribution is 2.26. The van der Waals surface area contributed by atoms with Crippen LogP contribution in [0.3, 0.4) is 0 Å². The predicted molar refractivity (Wildman–Crippen MR) is 238 cm³/mol. The fourth-order valence-corrected chi connectivity index (χ4v) is 8.16. The van der Waals surface area contributed by atoms with Gasteiger partial charge in [0.2, 0.25) is 29.5 Å². The number of carbonyl (C=O) groups is 5. The molecule has 322 valence electrons. The van der Waals surface area contributed by atoms with Gasteiger partial charge in [0.1, 0.15) is 24.2 Å². The van der Waals surface area contributed by atoms with Crippen molar-refractivity contribution in [3.05, 3.63) is 107 Å². The van der Waals surface area contributed by atoms with Gasteiger partial charge < -0.3 is 53.4 Å². The van der Waals surface area contributed by atoms with E-state index in [1.807, 2.05) is 93.6 Å². The lowest BCUT2D eigenvalue weighted by molar-refractivity contribution is -0.134. The molecule has 0 bridgehead atoms. The molecule has 0 saturated heterocycles. The number of hydrogen-bond donors (Lipinski definition) is 10. The van der Waals surface area contributed by atoms with Crippen LogP contribution in [0.15, 0.2) is 72.8 Å². The quantitative estimate of drug-likeness (QED) is 0.0484. The number of rotatable bonds is 21. The van der Waals surface area contributed by atoms with Gasteiger partial charge in [-0.05, 0) is 94.4 Å². The molecular weight excluding hydrogens is 773 g/mol. The molecule has 13 N–H and O–H groups in total. The minimum atomic E-state index is -1.21. The molecule has 6 rings (SSSR count). The summed E-state index contributed by atoms with van der Waals surface area (Å²) in [5.41, 5.74) is 24.7. The zero-order valence-corrected chi connectivity index (χ0v) is 35.1. The summed E-state index contributed by atoms with van der Waals surface area (Å²) < 4.78 is 0. The lowest BCUT2D eigenvalue weighted by Gasteiger charge is -2.27. The van der Waals surface area contributed by atoms with Crippen molar-refractivity contribution >= 4 is 62.2 Å². The number of benzene rings is 3. The van der Waals surface area contributed by atoms with Crippen LogP contribution in [-0.4, -0.2) is 81.7 Å². The largest absolute Gasteiger partial charge is 0.368 e. The van der Waals surface area contributed by atoms with Crippen molar-refractivity contribution in [2.75, 3.05) is 13.1 Å². The summed E-state index contributed by atoms with van der Waals surface area (Å²) in [6, 6.07) is 18.6. The van der Waals surface area contributed by atoms with E-state index in [2.05, 4.69) is 36.2 Å². The number of unbranched alkanes of at least 4 members (excludes halogenated alkanes) is 1. The first-order valence-electron chi connectivity index (χ1n) is 21.0. The number of fused-ring (bicyclic) bond motifs is 3. The molecule has 3 aromatic heterocycles. The topological polar surface area (TPSA) is 259 Å². The van der Waals surface area contributed by atoms with Gasteiger partial charge in [-0.15, -0.1) is 0 Å². The molecule has 0 aliphatic heterocycles. The van der Waals surface area contributed by atoms with E-state index in [1.54, 1.807) is 0 Å². The first-order chi connectivity index (χ1) is 29.4. The number of aromatic amines is 3. The molecule has 0 spiro atoms. The standard InChI is InChI=1S/C46H58N10O5/c1-26-32(29-13-4-7-16-35(29)50-26)23-39(53-42(57)20-12-22-48)44(59)55-41(25-34-28(3)52-37-18-9-6-15-31(34)37)46(61)56-40(45(60)54-38(43(49)58)19-10-11-21-47)24-33-27(2)51-36-17-8-5-14-30(33)36/h4-9,13-18,38-41,50-52H,10-12,19-25,47-48H2,1-3H3,(H2,49,58)(H,53,57)(H,54,60)(H,55,59)(H,56,61)/t38-,39+,40+,41+/m0/s1. The number of hydrogen-bond acceptors (Lipinski definition) is 7. The van der Waals surface area contributed by atoms with E-state index in [1.165, 1.54) is 0 Å². The number of carbonyl (C=O) groups excluding carboxylic acids is 5. The molecule has 4 atom stereocenters. The van der Waals surface area contributed by atoms with E-state index in [0.29, 0.717) is 32.4 Å². The van der Waals surface area contributed by atoms with Crippen molar-refractivity contribution in [2.45, 2.75) is 96.3 Å². The van der Waals surface area contributed by atoms with Gasteiger partial charge in [-0.1, -0.05) is 54.6 Å². The van der Waals surface area contributed by atoms with Crippen LogP contribution in [0.5, 0.6) is 0 Å². The molecule has 0 aliphatic carbocycles. The second-order valence-electron chi connectivity index (χ2n) is 15.8. The maximum atomic E-state index is 14.9. The van der Waals surface area contributed by atoms with E-state index in [-0.39, 0.29) is 38.0 Å². The van der Waals surface area contributed by atoms with Crippen LogP contribution in [0.2, 0.25) is 0 Å². The molecule has 5 amide bonds. The van der Waals surface area contributed by atoms with Crippen molar-refractivity contribution in [3.8, 4) is 0 Å². The summed E-state index contributed by atoms with van der Waals surface area (Å²) >= 11 is 0. The van der Waals surface area contributed by atoms with Crippen molar-refractivity contribution < 1.29 is 24.0 Å². The third kappa shape index (κ3) is 10.7. The van der Waals surface area contributed by atoms with Crippen molar-refractivity contribution in [2.24, 2.45) is 17.2 Å². The van der Waals surface area contributed by atoms with Gasteiger partial charge in [-0.2, -0.15) is 0 Å². The molecule has 0 unspecified atom stereocenters. The molecule has 3 aromatic carbocycles. The predicted octanol–water partition coefficient (Wildman–Crippen LogP) is 3.38. The molecule has 15 nitrogen and oxygen atoms in total. The summed E-state index contributed by atoms with van der Waals surface area (Å²) in [5.74, 6) is -2.87. The number of primary amides is 1. The normalized spacial score (nSPS) is 13.5. The van der Waals surface area contributed by atoms with Crippen molar-refractivity contribution in [1.82, 2.24) is 36.2 Å². The Balaban J connectivity index is 1.36. The molecule has 0 radical (unpaired) electrons. The molecule has 0 saturated carbocycles. The fourth-order valence-electron chi connectivity index (χ4n) is 8.16. The van der Waals surface area contributed by atoms with E-state index >= 15 is 0 Å². The average molecular weight is 831 g/mol. The highest BCUT2D eigenvalue weighted by atomic mass is 16.2. The SMILES string of the molecule is Cc1[nH]c2ccccc2c1C[C@@H](NC(=O)CCCN)C(=O)N[C@H](Cc1c(C)[nH]c2ccccc12)C(=O)N[C@H](Cc1c(C)[nH]c2ccccc12)C(=O)N[C@@H](CCCCN)C(N)=O. The minimum Gasteiger partial charge on any atom is -0.368 e. The smallest absolute Gasteiger partial charge is 0.243 e. The maximum absolute atomic E-state index is 14.9. The summed E-state index contributed by atoms with van der Waals surface area (Å²) in [5, 5.41) is 14.3. The van der Waals surface area contributed by atoms with Gasteiger partial charge in [-0.3, -0.25) is 24.0 Å². The van der Waals surface area contributed by atoms with Crippen LogP contribution in [0, 0.1) is 20.8 Å². The molecule has 0 aliphatic rings. The highest BCUT2D eigenvalue weighted by Gasteiger charge is 2.33. The fraction of sp³-hybridized carbons (Fsp3) is 0.370. The lowest BCUT2D eigenvalue weighted by Crippen LogP contribution is -2.59. The van der Waals surface area contributed by atoms with Crippen LogP contribution >= 0.6 is 0 Å². The van der Waals surface area contributed by atoms with Gasteiger partial charge in [0.25, 0.3) is 0 Å². The van der Waals surface area contributed by atoms with Crippen molar-refractivity contribution in [1.29, 1.82) is 0 Å². The number of para-hydroxylation sites is 3. The van der Waals surface area contributed by atoms with Crippen LogP contribution < -0.4 is 38.5 Å². The van der Waals surface area contributed by atoms with Gasteiger partial charge in [0, 0.05) is 75.5 Å². The molecule has 0 fully saturated rings. The number of nitrogens with one attached hydrogen (secondary N) is 7. The molecule has 15 heteroatoms. The summed E-state index contributed by atoms with van der Waals surface area (Å²) in [7, 11) is 0. The Morgan fingerprint density at radius 1 is 0.508 bits per heavy atom. The van der Waals surface area contributed by atoms with Crippen LogP contribution in [-0.2, 0) is 43.2 Å². The van der Waals surface area contributed by atoms with E-state index < -0.39 is 47.8 Å². The van der Waals surface area contributed by atoms with Gasteiger partial charge in [0.15, 0.2) is 0 Å². The first-order valence-corrected chi connectivity index (χ1v) is 21.0. The Labute approximate surface area is 354 Å². The van der Waals surface area contributed by atoms with Gasteiger partial charge in [-0.25, -0.2) is 0 Å². The Morgan fingerprint density at radius 2 is 0.869 bits per heavy atom. The second-order valence-corrected chi connectivity index (χ2v) is 15.8. The van der Waals surface area contributed by atoms with Crippen molar-refractivity contribution in [3.63, 3.8) is 0 Å². The minimum absolute atomic E-state index is 0.0524. The molecule has 61 heavy (non-hydrogen) atoms. The Hall–Kier alpha value is -6.45. The van der Waals surface area contributed by atoms with Crippen LogP contribution in [0.4, 0.5) is 0 Å². The third-order valence-electron chi connectivity index (χ3n) is 11.4. The second kappa shape index (κ2) is 20.2. The van der Waals surface area contributed by atoms with Crippen LogP contribution in [0.1, 0.15) is 65.9 Å². The summed E-state index contributed by atoms with van der Waals surface area (Å²) in [6.07, 6.45) is 2.28. The van der Waals surface area contributed by atoms with E-state index in [4.69, 9.17) is 17.2 Å². The number of aromatic nitrogens is 3. The first kappa shape index (κ1) is 44.1. The number of nitrogens with two attached hydrogens (primary N) is 3. The zero-order chi connectivity index (χ0) is 43.6. The zero-order valence-electron chi connectivity index (χ0n) is 35.1. The molecular formula is C46H58N10O5. The van der Waals surface area contributed by atoms with Gasteiger partial charge in [0.05, 0.1) is 0 Å². The summed E-state index contributed by atoms with van der Waals surface area (Å²) in [6.45, 7) is 6.43. The lowest BCUT2D eigenvalue weighted by atomic mass is 9.98. The molecule has 6 aromatic rings. The number of H-pyrrole nitrogens is 3. The average Bonchev–Trinajstić information content (AvgIpc) is 3.86. The van der Waals surface area contributed by atoms with E-state index in [9.17, 15) is 24.0 Å². The van der Waals surface area contributed by atoms with Crippen LogP contribution in [0.25, 0.3) is 32.7 Å². The monoisotopic (exact) mass is 830 g/mol. The Bertz CT molecular complexity index is 2520. The molecule has 3 heterocycles. The summed E-state index contributed by atoms with van der Waals surface area (Å²) in [4.78, 5) is 79.7. The Kier molecular flexibility index (Phi) is 14.6. The third-order valence-corrected chi connectivity index (χ3v) is 11.4. The number of aryl methyl sites for hydroxylation is 3.